The minimum Gasteiger partial charge on any atom is -0.310 e. The quantitative estimate of drug-likeness (QED) is 0.155. The molecule has 2 nitrogen and oxygen atoms in total. The SMILES string of the molecule is c1ccc(-c2cccc(N(c3cccc(N(c4ccccc4)c4cccc5c(-c6cccc7ccccc67)cccc45)c3)c3ccc4ccccc4c3)c2)cc1. The molecule has 0 aromatic heterocycles. The van der Waals surface area contributed by atoms with Crippen molar-refractivity contribution in [3.05, 3.63) is 231 Å². The maximum absolute atomic E-state index is 2.40. The smallest absolute Gasteiger partial charge is 0.0540 e. The van der Waals surface area contributed by atoms with Gasteiger partial charge in [0, 0.05) is 33.8 Å². The molecular formula is C54H38N2. The Balaban J connectivity index is 1.16. The zero-order chi connectivity index (χ0) is 37.3. The van der Waals surface area contributed by atoms with Crippen LogP contribution >= 0.6 is 0 Å². The minimum absolute atomic E-state index is 1.07. The first kappa shape index (κ1) is 33.2. The maximum Gasteiger partial charge on any atom is 0.0540 e. The Bertz CT molecular complexity index is 2980. The second kappa shape index (κ2) is 14.4. The number of nitrogens with zero attached hydrogens (tertiary/aromatic N) is 2. The van der Waals surface area contributed by atoms with E-state index in [1.165, 1.54) is 54.6 Å². The lowest BCUT2D eigenvalue weighted by atomic mass is 9.93. The van der Waals surface area contributed by atoms with Crippen molar-refractivity contribution in [1.82, 2.24) is 0 Å². The summed E-state index contributed by atoms with van der Waals surface area (Å²) in [4.78, 5) is 4.78. The summed E-state index contributed by atoms with van der Waals surface area (Å²) in [6.07, 6.45) is 0. The van der Waals surface area contributed by atoms with E-state index in [-0.39, 0.29) is 0 Å². The largest absolute Gasteiger partial charge is 0.310 e. The van der Waals surface area contributed by atoms with Gasteiger partial charge in [-0.1, -0.05) is 170 Å². The zero-order valence-electron chi connectivity index (χ0n) is 30.8. The molecule has 10 rings (SSSR count). The molecule has 10 aromatic rings. The molecule has 0 aliphatic carbocycles. The third kappa shape index (κ3) is 6.14. The van der Waals surface area contributed by atoms with Crippen LogP contribution in [-0.4, -0.2) is 0 Å². The van der Waals surface area contributed by atoms with Crippen LogP contribution in [0.3, 0.4) is 0 Å². The average Bonchev–Trinajstić information content (AvgIpc) is 3.27. The zero-order valence-corrected chi connectivity index (χ0v) is 30.8. The van der Waals surface area contributed by atoms with Crippen molar-refractivity contribution in [2.75, 3.05) is 9.80 Å². The Morgan fingerprint density at radius 2 is 0.732 bits per heavy atom. The van der Waals surface area contributed by atoms with Gasteiger partial charge in [-0.2, -0.15) is 0 Å². The van der Waals surface area contributed by atoms with E-state index in [9.17, 15) is 0 Å². The summed E-state index contributed by atoms with van der Waals surface area (Å²) >= 11 is 0. The molecule has 0 saturated heterocycles. The average molecular weight is 715 g/mol. The lowest BCUT2D eigenvalue weighted by Gasteiger charge is -2.30. The molecule has 0 heterocycles. The third-order valence-electron chi connectivity index (χ3n) is 10.8. The number of para-hydroxylation sites is 1. The fourth-order valence-electron chi connectivity index (χ4n) is 8.18. The van der Waals surface area contributed by atoms with Crippen LogP contribution in [0.5, 0.6) is 0 Å². The van der Waals surface area contributed by atoms with Gasteiger partial charge in [-0.25, -0.2) is 0 Å². The molecule has 0 atom stereocenters. The number of hydrogen-bond donors (Lipinski definition) is 0. The first-order valence-electron chi connectivity index (χ1n) is 19.2. The van der Waals surface area contributed by atoms with Crippen LogP contribution in [-0.2, 0) is 0 Å². The van der Waals surface area contributed by atoms with Crippen LogP contribution in [0.25, 0.3) is 54.6 Å². The number of benzene rings is 10. The number of fused-ring (bicyclic) bond motifs is 3. The molecule has 0 unspecified atom stereocenters. The first-order valence-corrected chi connectivity index (χ1v) is 19.2. The van der Waals surface area contributed by atoms with Crippen LogP contribution in [0.1, 0.15) is 0 Å². The molecule has 2 heteroatoms. The van der Waals surface area contributed by atoms with Gasteiger partial charge in [-0.05, 0) is 110 Å². The van der Waals surface area contributed by atoms with E-state index in [1.54, 1.807) is 0 Å². The van der Waals surface area contributed by atoms with E-state index >= 15 is 0 Å². The molecule has 264 valence electrons. The van der Waals surface area contributed by atoms with Crippen molar-refractivity contribution in [1.29, 1.82) is 0 Å². The number of anilines is 6. The highest BCUT2D eigenvalue weighted by atomic mass is 15.2. The van der Waals surface area contributed by atoms with Gasteiger partial charge in [-0.3, -0.25) is 0 Å². The van der Waals surface area contributed by atoms with Crippen LogP contribution in [0, 0.1) is 0 Å². The van der Waals surface area contributed by atoms with Gasteiger partial charge >= 0.3 is 0 Å². The van der Waals surface area contributed by atoms with Crippen LogP contribution in [0.2, 0.25) is 0 Å². The van der Waals surface area contributed by atoms with Crippen molar-refractivity contribution < 1.29 is 0 Å². The molecule has 0 aliphatic rings. The molecule has 0 saturated carbocycles. The fraction of sp³-hybridized carbons (Fsp3) is 0. The molecule has 0 amide bonds. The summed E-state index contributed by atoms with van der Waals surface area (Å²) < 4.78 is 0. The normalized spacial score (nSPS) is 11.2. The van der Waals surface area contributed by atoms with E-state index in [2.05, 4.69) is 240 Å². The second-order valence-corrected chi connectivity index (χ2v) is 14.2. The van der Waals surface area contributed by atoms with Crippen molar-refractivity contribution >= 4 is 66.4 Å². The monoisotopic (exact) mass is 714 g/mol. The first-order chi connectivity index (χ1) is 27.8. The van der Waals surface area contributed by atoms with E-state index < -0.39 is 0 Å². The summed E-state index contributed by atoms with van der Waals surface area (Å²) in [6, 6.07) is 83.2. The second-order valence-electron chi connectivity index (χ2n) is 14.2. The van der Waals surface area contributed by atoms with E-state index in [0.29, 0.717) is 0 Å². The molecule has 0 spiro atoms. The van der Waals surface area contributed by atoms with Gasteiger partial charge in [-0.15, -0.1) is 0 Å². The molecule has 0 bridgehead atoms. The molecule has 0 fully saturated rings. The van der Waals surface area contributed by atoms with Gasteiger partial charge in [0.05, 0.1) is 5.69 Å². The van der Waals surface area contributed by atoms with Crippen molar-refractivity contribution in [3.8, 4) is 22.3 Å². The standard InChI is InChI=1S/C54H38N2/c1-3-16-39(17-4-1)43-22-11-25-45(36-43)55(48-35-34-40-18-7-8-20-42(40)37-48)46-26-13-27-47(38-46)56(44-23-5-2-6-24-44)54-33-15-31-52-51(30-14-32-53(52)54)50-29-12-21-41-19-9-10-28-49(41)50/h1-38H. The molecule has 0 N–H and O–H groups in total. The van der Waals surface area contributed by atoms with E-state index in [1.807, 2.05) is 0 Å². The predicted octanol–water partition coefficient (Wildman–Crippen LogP) is 15.4. The van der Waals surface area contributed by atoms with Gasteiger partial charge in [0.25, 0.3) is 0 Å². The van der Waals surface area contributed by atoms with Gasteiger partial charge < -0.3 is 9.80 Å². The molecular weight excluding hydrogens is 677 g/mol. The minimum atomic E-state index is 1.07. The van der Waals surface area contributed by atoms with Crippen LogP contribution < -0.4 is 9.80 Å². The summed E-state index contributed by atoms with van der Waals surface area (Å²) in [5.74, 6) is 0. The van der Waals surface area contributed by atoms with Crippen molar-refractivity contribution in [3.63, 3.8) is 0 Å². The predicted molar refractivity (Wildman–Crippen MR) is 239 cm³/mol. The third-order valence-corrected chi connectivity index (χ3v) is 10.8. The Morgan fingerprint density at radius 3 is 1.55 bits per heavy atom. The number of hydrogen-bond acceptors (Lipinski definition) is 2. The topological polar surface area (TPSA) is 6.48 Å². The van der Waals surface area contributed by atoms with Gasteiger partial charge in [0.1, 0.15) is 0 Å². The summed E-state index contributed by atoms with van der Waals surface area (Å²) in [7, 11) is 0. The highest BCUT2D eigenvalue weighted by Gasteiger charge is 2.20. The van der Waals surface area contributed by atoms with Crippen molar-refractivity contribution in [2.24, 2.45) is 0 Å². The van der Waals surface area contributed by atoms with Gasteiger partial charge in [0.2, 0.25) is 0 Å². The summed E-state index contributed by atoms with van der Waals surface area (Å²) in [5.41, 5.74) is 11.4. The Hall–Kier alpha value is -7.42. The van der Waals surface area contributed by atoms with Gasteiger partial charge in [0.15, 0.2) is 0 Å². The maximum atomic E-state index is 2.40. The van der Waals surface area contributed by atoms with Crippen LogP contribution in [0.15, 0.2) is 231 Å². The molecule has 0 aliphatic heterocycles. The Morgan fingerprint density at radius 1 is 0.232 bits per heavy atom. The Kier molecular flexibility index (Phi) is 8.55. The Labute approximate surface area is 327 Å². The van der Waals surface area contributed by atoms with Crippen LogP contribution in [0.4, 0.5) is 34.1 Å². The van der Waals surface area contributed by atoms with Crippen molar-refractivity contribution in [2.45, 2.75) is 0 Å². The van der Waals surface area contributed by atoms with E-state index in [4.69, 9.17) is 0 Å². The highest BCUT2D eigenvalue weighted by molar-refractivity contribution is 6.10. The molecule has 56 heavy (non-hydrogen) atoms. The fourth-order valence-corrected chi connectivity index (χ4v) is 8.18. The lowest BCUT2D eigenvalue weighted by Crippen LogP contribution is -2.13. The summed E-state index contributed by atoms with van der Waals surface area (Å²) in [5, 5.41) is 7.32. The highest BCUT2D eigenvalue weighted by Crippen LogP contribution is 2.45. The molecule has 0 radical (unpaired) electrons. The number of rotatable bonds is 8. The molecule has 10 aromatic carbocycles. The lowest BCUT2D eigenvalue weighted by molar-refractivity contribution is 1.26. The van der Waals surface area contributed by atoms with E-state index in [0.717, 1.165) is 34.1 Å². The summed E-state index contributed by atoms with van der Waals surface area (Å²) in [6.45, 7) is 0.